The number of rotatable bonds is 8. The second-order valence-electron chi connectivity index (χ2n) is 9.43. The van der Waals surface area contributed by atoms with Crippen LogP contribution >= 0.6 is 0 Å². The smallest absolute Gasteiger partial charge is 0.410 e. The van der Waals surface area contributed by atoms with Gasteiger partial charge in [-0.2, -0.15) is 0 Å². The van der Waals surface area contributed by atoms with Crippen LogP contribution in [0.4, 0.5) is 4.79 Å². The van der Waals surface area contributed by atoms with Gasteiger partial charge in [-0.05, 0) is 37.8 Å². The van der Waals surface area contributed by atoms with Crippen molar-refractivity contribution in [1.29, 1.82) is 0 Å². The van der Waals surface area contributed by atoms with Crippen LogP contribution in [-0.4, -0.2) is 80.9 Å². The van der Waals surface area contributed by atoms with Gasteiger partial charge in [-0.3, -0.25) is 9.89 Å². The minimum Gasteiger partial charge on any atom is -0.444 e. The maximum atomic E-state index is 12.2. The first-order chi connectivity index (χ1) is 15.2. The van der Waals surface area contributed by atoms with E-state index in [2.05, 4.69) is 51.7 Å². The van der Waals surface area contributed by atoms with Gasteiger partial charge in [0.15, 0.2) is 5.96 Å². The molecule has 1 saturated heterocycles. The molecule has 32 heavy (non-hydrogen) atoms. The van der Waals surface area contributed by atoms with Crippen molar-refractivity contribution in [3.63, 3.8) is 0 Å². The summed E-state index contributed by atoms with van der Waals surface area (Å²) in [7, 11) is 3.54. The van der Waals surface area contributed by atoms with Gasteiger partial charge in [0.05, 0.1) is 13.2 Å². The molecular formula is C24H41N5O3. The summed E-state index contributed by atoms with van der Waals surface area (Å²) in [5.74, 6) is 0.984. The molecule has 1 aliphatic rings. The number of aliphatic imine (C=N–C) groups is 1. The summed E-state index contributed by atoms with van der Waals surface area (Å²) in [6.45, 7) is 14.2. The van der Waals surface area contributed by atoms with Gasteiger partial charge >= 0.3 is 6.09 Å². The van der Waals surface area contributed by atoms with Crippen LogP contribution in [0.3, 0.4) is 0 Å². The Bertz CT molecular complexity index is 741. The Kier molecular flexibility index (Phi) is 10.3. The molecule has 1 unspecified atom stereocenters. The summed E-state index contributed by atoms with van der Waals surface area (Å²) in [4.78, 5) is 20.6. The van der Waals surface area contributed by atoms with Gasteiger partial charge in [0.25, 0.3) is 0 Å². The SMILES string of the molecule is CN=C(NCc1ccccc1CN1CCOCC1)NCC(C)CN(C)C(=O)OC(C)(C)C. The Hall–Kier alpha value is -2.32. The van der Waals surface area contributed by atoms with Gasteiger partial charge in [0.1, 0.15) is 5.60 Å². The lowest BCUT2D eigenvalue weighted by Gasteiger charge is -2.27. The number of benzene rings is 1. The molecule has 1 atom stereocenters. The fraction of sp³-hybridized carbons (Fsp3) is 0.667. The van der Waals surface area contributed by atoms with Crippen LogP contribution in [0.5, 0.6) is 0 Å². The second kappa shape index (κ2) is 12.6. The van der Waals surface area contributed by atoms with Crippen LogP contribution in [0.15, 0.2) is 29.3 Å². The molecule has 1 aromatic carbocycles. The molecule has 0 bridgehead atoms. The molecule has 0 saturated carbocycles. The number of nitrogens with one attached hydrogen (secondary N) is 2. The normalized spacial score (nSPS) is 16.4. The van der Waals surface area contributed by atoms with Crippen LogP contribution in [-0.2, 0) is 22.6 Å². The highest BCUT2D eigenvalue weighted by Crippen LogP contribution is 2.13. The number of guanidine groups is 1. The van der Waals surface area contributed by atoms with Gasteiger partial charge in [0.2, 0.25) is 0 Å². The zero-order valence-corrected chi connectivity index (χ0v) is 20.6. The fourth-order valence-electron chi connectivity index (χ4n) is 3.50. The lowest BCUT2D eigenvalue weighted by Crippen LogP contribution is -2.42. The Balaban J connectivity index is 1.80. The molecule has 2 rings (SSSR count). The first-order valence-corrected chi connectivity index (χ1v) is 11.4. The maximum Gasteiger partial charge on any atom is 0.410 e. The maximum absolute atomic E-state index is 12.2. The van der Waals surface area contributed by atoms with E-state index in [0.29, 0.717) is 19.6 Å². The van der Waals surface area contributed by atoms with Gasteiger partial charge in [-0.15, -0.1) is 0 Å². The summed E-state index contributed by atoms with van der Waals surface area (Å²) in [6.07, 6.45) is -0.302. The van der Waals surface area contributed by atoms with E-state index < -0.39 is 5.60 Å². The molecule has 1 aliphatic heterocycles. The number of morpholine rings is 1. The first kappa shape index (κ1) is 25.9. The largest absolute Gasteiger partial charge is 0.444 e. The van der Waals surface area contributed by atoms with E-state index in [4.69, 9.17) is 9.47 Å². The molecular weight excluding hydrogens is 406 g/mol. The molecule has 0 spiro atoms. The van der Waals surface area contributed by atoms with E-state index in [-0.39, 0.29) is 12.0 Å². The van der Waals surface area contributed by atoms with Crippen molar-refractivity contribution in [3.8, 4) is 0 Å². The number of amides is 1. The number of nitrogens with zero attached hydrogens (tertiary/aromatic N) is 3. The van der Waals surface area contributed by atoms with Crippen molar-refractivity contribution in [1.82, 2.24) is 20.4 Å². The monoisotopic (exact) mass is 447 g/mol. The Morgan fingerprint density at radius 3 is 2.50 bits per heavy atom. The van der Waals surface area contributed by atoms with E-state index in [1.807, 2.05) is 20.8 Å². The zero-order chi connectivity index (χ0) is 23.6. The quantitative estimate of drug-likeness (QED) is 0.471. The zero-order valence-electron chi connectivity index (χ0n) is 20.6. The van der Waals surface area contributed by atoms with Gasteiger partial charge < -0.3 is 25.0 Å². The summed E-state index contributed by atoms with van der Waals surface area (Å²) in [5, 5.41) is 6.78. The minimum atomic E-state index is -0.489. The molecule has 1 aromatic rings. The lowest BCUT2D eigenvalue weighted by molar-refractivity contribution is 0.0278. The van der Waals surface area contributed by atoms with Crippen LogP contribution in [0.25, 0.3) is 0 Å². The first-order valence-electron chi connectivity index (χ1n) is 11.4. The third-order valence-corrected chi connectivity index (χ3v) is 5.19. The highest BCUT2D eigenvalue weighted by Gasteiger charge is 2.21. The van der Waals surface area contributed by atoms with Gasteiger partial charge in [-0.1, -0.05) is 31.2 Å². The molecule has 8 nitrogen and oxygen atoms in total. The van der Waals surface area contributed by atoms with E-state index >= 15 is 0 Å². The van der Waals surface area contributed by atoms with Gasteiger partial charge in [-0.25, -0.2) is 4.79 Å². The number of carbonyl (C=O) groups is 1. The topological polar surface area (TPSA) is 78.4 Å². The Morgan fingerprint density at radius 2 is 1.88 bits per heavy atom. The summed E-state index contributed by atoms with van der Waals surface area (Å²) in [6, 6.07) is 8.52. The molecule has 1 fully saturated rings. The molecule has 0 aromatic heterocycles. The third kappa shape index (κ3) is 9.44. The van der Waals surface area contributed by atoms with Crippen molar-refractivity contribution in [2.24, 2.45) is 10.9 Å². The predicted molar refractivity (Wildman–Crippen MR) is 129 cm³/mol. The number of hydrogen-bond acceptors (Lipinski definition) is 5. The number of hydrogen-bond donors (Lipinski definition) is 2. The van der Waals surface area contributed by atoms with E-state index in [0.717, 1.165) is 38.8 Å². The molecule has 2 N–H and O–H groups in total. The van der Waals surface area contributed by atoms with Crippen LogP contribution in [0, 0.1) is 5.92 Å². The summed E-state index contributed by atoms with van der Waals surface area (Å²) in [5.41, 5.74) is 2.10. The summed E-state index contributed by atoms with van der Waals surface area (Å²) >= 11 is 0. The predicted octanol–water partition coefficient (Wildman–Crippen LogP) is 2.69. The van der Waals surface area contributed by atoms with Crippen molar-refractivity contribution in [2.75, 3.05) is 53.5 Å². The fourth-order valence-corrected chi connectivity index (χ4v) is 3.50. The standard InChI is InChI=1S/C24H41N5O3/c1-19(17-28(6)23(30)32-24(2,3)4)15-26-22(25-5)27-16-20-9-7-8-10-21(20)18-29-11-13-31-14-12-29/h7-10,19H,11-18H2,1-6H3,(H2,25,26,27). The van der Waals surface area contributed by atoms with Crippen LogP contribution in [0.1, 0.15) is 38.8 Å². The average Bonchev–Trinajstić information content (AvgIpc) is 2.74. The van der Waals surface area contributed by atoms with E-state index in [1.165, 1.54) is 11.1 Å². The molecule has 180 valence electrons. The van der Waals surface area contributed by atoms with Crippen molar-refractivity contribution in [2.45, 2.75) is 46.4 Å². The van der Waals surface area contributed by atoms with Crippen molar-refractivity contribution >= 4 is 12.1 Å². The molecule has 0 radical (unpaired) electrons. The number of carbonyl (C=O) groups excluding carboxylic acids is 1. The third-order valence-electron chi connectivity index (χ3n) is 5.19. The van der Waals surface area contributed by atoms with Crippen LogP contribution < -0.4 is 10.6 Å². The molecule has 8 heteroatoms. The van der Waals surface area contributed by atoms with Gasteiger partial charge in [0, 0.05) is 53.4 Å². The van der Waals surface area contributed by atoms with E-state index in [1.54, 1.807) is 19.0 Å². The molecule has 1 amide bonds. The number of ether oxygens (including phenoxy) is 2. The highest BCUT2D eigenvalue weighted by molar-refractivity contribution is 5.79. The average molecular weight is 448 g/mol. The second-order valence-corrected chi connectivity index (χ2v) is 9.43. The highest BCUT2D eigenvalue weighted by atomic mass is 16.6. The Labute approximate surface area is 193 Å². The minimum absolute atomic E-state index is 0.236. The van der Waals surface area contributed by atoms with Crippen molar-refractivity contribution in [3.05, 3.63) is 35.4 Å². The van der Waals surface area contributed by atoms with E-state index in [9.17, 15) is 4.79 Å². The lowest BCUT2D eigenvalue weighted by atomic mass is 10.1. The Morgan fingerprint density at radius 1 is 1.22 bits per heavy atom. The van der Waals surface area contributed by atoms with Crippen LogP contribution in [0.2, 0.25) is 0 Å². The molecule has 1 heterocycles. The molecule has 0 aliphatic carbocycles. The summed E-state index contributed by atoms with van der Waals surface area (Å²) < 4.78 is 10.9. The van der Waals surface area contributed by atoms with Crippen molar-refractivity contribution < 1.29 is 14.3 Å².